The third-order valence-corrected chi connectivity index (χ3v) is 3.97. The van der Waals surface area contributed by atoms with E-state index in [2.05, 4.69) is 10.2 Å². The van der Waals surface area contributed by atoms with Gasteiger partial charge >= 0.3 is 0 Å². The highest BCUT2D eigenvalue weighted by Gasteiger charge is 2.42. The Labute approximate surface area is 117 Å². The van der Waals surface area contributed by atoms with Crippen molar-refractivity contribution in [2.45, 2.75) is 24.9 Å². The van der Waals surface area contributed by atoms with Crippen molar-refractivity contribution in [3.63, 3.8) is 0 Å². The maximum atomic E-state index is 11.4. The number of benzene rings is 1. The van der Waals surface area contributed by atoms with E-state index in [-0.39, 0.29) is 6.04 Å². The summed E-state index contributed by atoms with van der Waals surface area (Å²) < 4.78 is 0. The van der Waals surface area contributed by atoms with Crippen LogP contribution >= 0.6 is 0 Å². The van der Waals surface area contributed by atoms with E-state index in [1.807, 2.05) is 31.2 Å². The van der Waals surface area contributed by atoms with Crippen LogP contribution in [0, 0.1) is 0 Å². The summed E-state index contributed by atoms with van der Waals surface area (Å²) in [6.07, 6.45) is 4.87. The molecule has 2 atom stereocenters. The molecule has 1 amide bonds. The van der Waals surface area contributed by atoms with E-state index < -0.39 is 5.54 Å². The standard InChI is InChI=1S/C14H17N5O/c1-14(8-11(15)9-18(14)10-20)12-4-2-3-5-13(12)19-16-6-7-17-19/h2-7,10-11H,8-9,15H2,1H3/t11-,14-/m1/s1. The van der Waals surface area contributed by atoms with E-state index in [9.17, 15) is 4.79 Å². The minimum atomic E-state index is -0.425. The number of nitrogens with two attached hydrogens (primary N) is 1. The van der Waals surface area contributed by atoms with Crippen molar-refractivity contribution in [1.29, 1.82) is 0 Å². The van der Waals surface area contributed by atoms with Crippen LogP contribution in [-0.4, -0.2) is 38.9 Å². The molecule has 1 aliphatic rings. The van der Waals surface area contributed by atoms with Crippen molar-refractivity contribution >= 4 is 6.41 Å². The molecule has 6 heteroatoms. The van der Waals surface area contributed by atoms with Crippen molar-refractivity contribution in [3.8, 4) is 5.69 Å². The summed E-state index contributed by atoms with van der Waals surface area (Å²) in [6.45, 7) is 2.61. The number of rotatable bonds is 3. The number of likely N-dealkylation sites (tertiary alicyclic amines) is 1. The lowest BCUT2D eigenvalue weighted by molar-refractivity contribution is -0.121. The molecule has 104 valence electrons. The van der Waals surface area contributed by atoms with Gasteiger partial charge in [0.25, 0.3) is 0 Å². The number of amides is 1. The molecule has 0 saturated carbocycles. The van der Waals surface area contributed by atoms with E-state index in [1.165, 1.54) is 0 Å². The molecule has 6 nitrogen and oxygen atoms in total. The van der Waals surface area contributed by atoms with Gasteiger partial charge in [-0.2, -0.15) is 15.0 Å². The number of hydrogen-bond donors (Lipinski definition) is 1. The number of hydrogen-bond acceptors (Lipinski definition) is 4. The molecule has 1 aromatic heterocycles. The smallest absolute Gasteiger partial charge is 0.210 e. The number of carbonyl (C=O) groups is 1. The number of nitrogens with zero attached hydrogens (tertiary/aromatic N) is 4. The summed E-state index contributed by atoms with van der Waals surface area (Å²) >= 11 is 0. The van der Waals surface area contributed by atoms with E-state index in [0.717, 1.165) is 24.1 Å². The SMILES string of the molecule is C[C@]1(c2ccccc2-n2nccn2)C[C@@H](N)CN1C=O. The Morgan fingerprint density at radius 3 is 2.75 bits per heavy atom. The minimum Gasteiger partial charge on any atom is -0.334 e. The molecule has 20 heavy (non-hydrogen) atoms. The lowest BCUT2D eigenvalue weighted by atomic mass is 9.87. The van der Waals surface area contributed by atoms with E-state index in [4.69, 9.17) is 5.73 Å². The average Bonchev–Trinajstić information content (AvgIpc) is 3.07. The third-order valence-electron chi connectivity index (χ3n) is 3.97. The van der Waals surface area contributed by atoms with E-state index >= 15 is 0 Å². The number of para-hydroxylation sites is 1. The molecule has 0 aliphatic carbocycles. The van der Waals surface area contributed by atoms with Gasteiger partial charge in [-0.15, -0.1) is 0 Å². The Balaban J connectivity index is 2.13. The molecule has 1 saturated heterocycles. The van der Waals surface area contributed by atoms with Gasteiger partial charge in [0.05, 0.1) is 23.6 Å². The quantitative estimate of drug-likeness (QED) is 0.832. The van der Waals surface area contributed by atoms with E-state index in [1.54, 1.807) is 22.1 Å². The zero-order chi connectivity index (χ0) is 14.2. The Morgan fingerprint density at radius 2 is 2.05 bits per heavy atom. The first-order chi connectivity index (χ1) is 9.65. The van der Waals surface area contributed by atoms with Crippen molar-refractivity contribution in [2.75, 3.05) is 6.54 Å². The zero-order valence-electron chi connectivity index (χ0n) is 11.3. The van der Waals surface area contributed by atoms with Crippen LogP contribution in [0.15, 0.2) is 36.7 Å². The van der Waals surface area contributed by atoms with Gasteiger partial charge in [-0.25, -0.2) is 0 Å². The topological polar surface area (TPSA) is 77.0 Å². The molecule has 3 rings (SSSR count). The van der Waals surface area contributed by atoms with Gasteiger partial charge in [0.1, 0.15) is 0 Å². The van der Waals surface area contributed by atoms with Crippen molar-refractivity contribution < 1.29 is 4.79 Å². The molecule has 0 unspecified atom stereocenters. The van der Waals surface area contributed by atoms with Gasteiger partial charge in [-0.1, -0.05) is 18.2 Å². The summed E-state index contributed by atoms with van der Waals surface area (Å²) in [5.41, 5.74) is 7.50. The highest BCUT2D eigenvalue weighted by molar-refractivity contribution is 5.55. The monoisotopic (exact) mass is 271 g/mol. The Kier molecular flexibility index (Phi) is 3.02. The molecule has 2 heterocycles. The van der Waals surface area contributed by atoms with Gasteiger partial charge < -0.3 is 10.6 Å². The highest BCUT2D eigenvalue weighted by Crippen LogP contribution is 2.39. The lowest BCUT2D eigenvalue weighted by Crippen LogP contribution is -2.38. The van der Waals surface area contributed by atoms with Crippen LogP contribution in [0.3, 0.4) is 0 Å². The van der Waals surface area contributed by atoms with E-state index in [0.29, 0.717) is 6.54 Å². The number of aromatic nitrogens is 3. The second kappa shape index (κ2) is 4.72. The van der Waals surface area contributed by atoms with Gasteiger partial charge in [0.2, 0.25) is 6.41 Å². The maximum absolute atomic E-state index is 11.4. The van der Waals surface area contributed by atoms with Crippen molar-refractivity contribution in [2.24, 2.45) is 5.73 Å². The minimum absolute atomic E-state index is 0.0103. The molecule has 0 radical (unpaired) electrons. The molecular formula is C14H17N5O. The molecule has 0 spiro atoms. The Hall–Kier alpha value is -2.21. The first kappa shape index (κ1) is 12.8. The second-order valence-corrected chi connectivity index (χ2v) is 5.33. The summed E-state index contributed by atoms with van der Waals surface area (Å²) in [7, 11) is 0. The third kappa shape index (κ3) is 1.89. The molecule has 2 aromatic rings. The molecule has 1 aliphatic heterocycles. The summed E-state index contributed by atoms with van der Waals surface area (Å²) in [6, 6.07) is 7.84. The Bertz CT molecular complexity index is 612. The normalized spacial score (nSPS) is 25.9. The largest absolute Gasteiger partial charge is 0.334 e. The van der Waals surface area contributed by atoms with Crippen LogP contribution in [0.1, 0.15) is 18.9 Å². The summed E-state index contributed by atoms with van der Waals surface area (Å²) in [4.78, 5) is 14.7. The first-order valence-corrected chi connectivity index (χ1v) is 6.59. The molecule has 2 N–H and O–H groups in total. The highest BCUT2D eigenvalue weighted by atomic mass is 16.1. The van der Waals surface area contributed by atoms with Crippen LogP contribution in [0.4, 0.5) is 0 Å². The lowest BCUT2D eigenvalue weighted by Gasteiger charge is -2.34. The van der Waals surface area contributed by atoms with Crippen LogP contribution in [0.5, 0.6) is 0 Å². The zero-order valence-corrected chi connectivity index (χ0v) is 11.3. The summed E-state index contributed by atoms with van der Waals surface area (Å²) in [5, 5.41) is 8.37. The first-order valence-electron chi connectivity index (χ1n) is 6.59. The van der Waals surface area contributed by atoms with Crippen LogP contribution in [0.2, 0.25) is 0 Å². The van der Waals surface area contributed by atoms with Crippen LogP contribution in [-0.2, 0) is 10.3 Å². The van der Waals surface area contributed by atoms with Crippen LogP contribution < -0.4 is 5.73 Å². The van der Waals surface area contributed by atoms with Gasteiger partial charge in [0.15, 0.2) is 0 Å². The van der Waals surface area contributed by atoms with Crippen molar-refractivity contribution in [1.82, 2.24) is 19.9 Å². The molecule has 1 fully saturated rings. The average molecular weight is 271 g/mol. The fourth-order valence-corrected chi connectivity index (χ4v) is 3.01. The Morgan fingerprint density at radius 1 is 1.35 bits per heavy atom. The van der Waals surface area contributed by atoms with Gasteiger partial charge in [0, 0.05) is 18.2 Å². The van der Waals surface area contributed by atoms with Crippen molar-refractivity contribution in [3.05, 3.63) is 42.2 Å². The van der Waals surface area contributed by atoms with Gasteiger partial charge in [-0.05, 0) is 19.4 Å². The summed E-state index contributed by atoms with van der Waals surface area (Å²) in [5.74, 6) is 0. The van der Waals surface area contributed by atoms with Crippen LogP contribution in [0.25, 0.3) is 5.69 Å². The molecule has 1 aromatic carbocycles. The number of carbonyl (C=O) groups excluding carboxylic acids is 1. The fourth-order valence-electron chi connectivity index (χ4n) is 3.01. The van der Waals surface area contributed by atoms with Gasteiger partial charge in [-0.3, -0.25) is 4.79 Å². The predicted octanol–water partition coefficient (Wildman–Crippen LogP) is 0.672. The predicted molar refractivity (Wildman–Crippen MR) is 74.1 cm³/mol. The molecule has 0 bridgehead atoms. The second-order valence-electron chi connectivity index (χ2n) is 5.33. The maximum Gasteiger partial charge on any atom is 0.210 e. The molecular weight excluding hydrogens is 254 g/mol. The fraction of sp³-hybridized carbons (Fsp3) is 0.357.